The van der Waals surface area contributed by atoms with Crippen molar-refractivity contribution in [2.24, 2.45) is 4.99 Å². The average molecular weight is 344 g/mol. The third-order valence-electron chi connectivity index (χ3n) is 3.63. The standard InChI is InChI=1S/C17H27F3N4/c1-4-14-8-5-6-9-15(14)12-23-16(21-2)22-10-7-11-24(3)13-17(18,19)20/h5-6,8-9H,4,7,10-13H2,1-3H3,(H2,21,22,23). The van der Waals surface area contributed by atoms with Crippen LogP contribution >= 0.6 is 0 Å². The Hall–Kier alpha value is -1.76. The lowest BCUT2D eigenvalue weighted by Gasteiger charge is -2.19. The molecule has 0 aromatic heterocycles. The van der Waals surface area contributed by atoms with Crippen LogP contribution in [0.4, 0.5) is 13.2 Å². The predicted molar refractivity (Wildman–Crippen MR) is 92.2 cm³/mol. The van der Waals surface area contributed by atoms with Crippen LogP contribution in [0.5, 0.6) is 0 Å². The molecule has 1 rings (SSSR count). The van der Waals surface area contributed by atoms with Crippen molar-refractivity contribution in [3.63, 3.8) is 0 Å². The first-order valence-corrected chi connectivity index (χ1v) is 8.12. The van der Waals surface area contributed by atoms with Crippen LogP contribution in [0.3, 0.4) is 0 Å². The normalized spacial score (nSPS) is 12.5. The van der Waals surface area contributed by atoms with E-state index in [1.54, 1.807) is 7.05 Å². The highest BCUT2D eigenvalue weighted by Gasteiger charge is 2.28. The second-order valence-electron chi connectivity index (χ2n) is 5.68. The van der Waals surface area contributed by atoms with Crippen LogP contribution in [-0.2, 0) is 13.0 Å². The lowest BCUT2D eigenvalue weighted by molar-refractivity contribution is -0.143. The molecule has 7 heteroatoms. The largest absolute Gasteiger partial charge is 0.401 e. The number of nitrogens with one attached hydrogen (secondary N) is 2. The molecule has 2 N–H and O–H groups in total. The highest BCUT2D eigenvalue weighted by atomic mass is 19.4. The fourth-order valence-corrected chi connectivity index (χ4v) is 2.42. The van der Waals surface area contributed by atoms with Crippen LogP contribution in [0.1, 0.15) is 24.5 Å². The molecule has 24 heavy (non-hydrogen) atoms. The van der Waals surface area contributed by atoms with E-state index in [0.717, 1.165) is 6.42 Å². The SMILES string of the molecule is CCc1ccccc1CNC(=NC)NCCCN(C)CC(F)(F)F. The van der Waals surface area contributed by atoms with Crippen molar-refractivity contribution in [3.05, 3.63) is 35.4 Å². The molecule has 0 radical (unpaired) electrons. The molecule has 0 spiro atoms. The maximum Gasteiger partial charge on any atom is 0.401 e. The molecular weight excluding hydrogens is 317 g/mol. The summed E-state index contributed by atoms with van der Waals surface area (Å²) in [5.41, 5.74) is 2.50. The van der Waals surface area contributed by atoms with Crippen molar-refractivity contribution in [1.29, 1.82) is 0 Å². The Kier molecular flexibility index (Phi) is 8.60. The highest BCUT2D eigenvalue weighted by Crippen LogP contribution is 2.15. The van der Waals surface area contributed by atoms with Gasteiger partial charge in [-0.2, -0.15) is 13.2 Å². The van der Waals surface area contributed by atoms with E-state index in [9.17, 15) is 13.2 Å². The van der Waals surface area contributed by atoms with Gasteiger partial charge in [0, 0.05) is 20.1 Å². The summed E-state index contributed by atoms with van der Waals surface area (Å²) in [6.07, 6.45) is -2.57. The van der Waals surface area contributed by atoms with E-state index in [4.69, 9.17) is 0 Å². The molecule has 0 aliphatic heterocycles. The molecule has 0 amide bonds. The van der Waals surface area contributed by atoms with Crippen molar-refractivity contribution in [2.45, 2.75) is 32.5 Å². The molecular formula is C17H27F3N4. The molecule has 0 atom stereocenters. The Balaban J connectivity index is 2.31. The molecule has 0 fully saturated rings. The maximum atomic E-state index is 12.2. The number of halogens is 3. The van der Waals surface area contributed by atoms with E-state index in [2.05, 4.69) is 34.7 Å². The zero-order valence-electron chi connectivity index (χ0n) is 14.6. The summed E-state index contributed by atoms with van der Waals surface area (Å²) in [5.74, 6) is 0.652. The van der Waals surface area contributed by atoms with Gasteiger partial charge in [-0.3, -0.25) is 9.89 Å². The van der Waals surface area contributed by atoms with Crippen LogP contribution in [-0.4, -0.2) is 50.8 Å². The first-order valence-electron chi connectivity index (χ1n) is 8.12. The van der Waals surface area contributed by atoms with Gasteiger partial charge < -0.3 is 10.6 Å². The van der Waals surface area contributed by atoms with Crippen LogP contribution < -0.4 is 10.6 Å². The van der Waals surface area contributed by atoms with E-state index in [1.807, 2.05) is 12.1 Å². The van der Waals surface area contributed by atoms with Gasteiger partial charge in [0.1, 0.15) is 0 Å². The first kappa shape index (κ1) is 20.3. The van der Waals surface area contributed by atoms with Crippen LogP contribution in [0, 0.1) is 0 Å². The minimum absolute atomic E-state index is 0.377. The second-order valence-corrected chi connectivity index (χ2v) is 5.68. The number of hydrogen-bond donors (Lipinski definition) is 2. The second kappa shape index (κ2) is 10.2. The fourth-order valence-electron chi connectivity index (χ4n) is 2.42. The molecule has 0 heterocycles. The highest BCUT2D eigenvalue weighted by molar-refractivity contribution is 5.79. The smallest absolute Gasteiger partial charge is 0.356 e. The van der Waals surface area contributed by atoms with Crippen molar-refractivity contribution in [1.82, 2.24) is 15.5 Å². The first-order chi connectivity index (χ1) is 11.4. The van der Waals surface area contributed by atoms with E-state index in [1.165, 1.54) is 23.1 Å². The summed E-state index contributed by atoms with van der Waals surface area (Å²) < 4.78 is 36.7. The number of aliphatic imine (C=N–C) groups is 1. The van der Waals surface area contributed by atoms with Crippen molar-refractivity contribution in [2.75, 3.05) is 33.7 Å². The monoisotopic (exact) mass is 344 g/mol. The molecule has 1 aromatic carbocycles. The third-order valence-corrected chi connectivity index (χ3v) is 3.63. The van der Waals surface area contributed by atoms with Gasteiger partial charge in [-0.25, -0.2) is 0 Å². The molecule has 0 aliphatic rings. The number of benzene rings is 1. The van der Waals surface area contributed by atoms with E-state index in [-0.39, 0.29) is 0 Å². The van der Waals surface area contributed by atoms with Gasteiger partial charge in [0.15, 0.2) is 5.96 Å². The Morgan fingerprint density at radius 3 is 2.42 bits per heavy atom. The Morgan fingerprint density at radius 2 is 1.83 bits per heavy atom. The van der Waals surface area contributed by atoms with Gasteiger partial charge in [0.25, 0.3) is 0 Å². The van der Waals surface area contributed by atoms with Gasteiger partial charge in [-0.15, -0.1) is 0 Å². The van der Waals surface area contributed by atoms with Crippen LogP contribution in [0.15, 0.2) is 29.3 Å². The number of alkyl halides is 3. The Labute approximate surface area is 142 Å². The van der Waals surface area contributed by atoms with Gasteiger partial charge in [-0.1, -0.05) is 31.2 Å². The third kappa shape index (κ3) is 8.19. The number of guanidine groups is 1. The van der Waals surface area contributed by atoms with Gasteiger partial charge in [0.2, 0.25) is 0 Å². The van der Waals surface area contributed by atoms with E-state index >= 15 is 0 Å². The molecule has 0 saturated carbocycles. The summed E-state index contributed by atoms with van der Waals surface area (Å²) in [7, 11) is 3.15. The van der Waals surface area contributed by atoms with Gasteiger partial charge in [0.05, 0.1) is 6.54 Å². The number of hydrogen-bond acceptors (Lipinski definition) is 2. The fraction of sp³-hybridized carbons (Fsp3) is 0.588. The zero-order valence-corrected chi connectivity index (χ0v) is 14.6. The molecule has 0 bridgehead atoms. The summed E-state index contributed by atoms with van der Waals surface area (Å²) in [5, 5.41) is 6.36. The summed E-state index contributed by atoms with van der Waals surface area (Å²) >= 11 is 0. The van der Waals surface area contributed by atoms with Crippen LogP contribution in [0.2, 0.25) is 0 Å². The number of nitrogens with zero attached hydrogens (tertiary/aromatic N) is 2. The van der Waals surface area contributed by atoms with Crippen molar-refractivity contribution >= 4 is 5.96 Å². The number of aryl methyl sites for hydroxylation is 1. The lowest BCUT2D eigenvalue weighted by atomic mass is 10.1. The summed E-state index contributed by atoms with van der Waals surface area (Å²) in [6, 6.07) is 8.20. The topological polar surface area (TPSA) is 39.7 Å². The minimum atomic E-state index is -4.15. The predicted octanol–water partition coefficient (Wildman–Crippen LogP) is 2.80. The van der Waals surface area contributed by atoms with Crippen molar-refractivity contribution < 1.29 is 13.2 Å². The molecule has 4 nitrogen and oxygen atoms in total. The van der Waals surface area contributed by atoms with E-state index in [0.29, 0.717) is 32.0 Å². The quantitative estimate of drug-likeness (QED) is 0.433. The Morgan fingerprint density at radius 1 is 1.17 bits per heavy atom. The van der Waals surface area contributed by atoms with Gasteiger partial charge >= 0.3 is 6.18 Å². The molecule has 0 unspecified atom stereocenters. The average Bonchev–Trinajstić information content (AvgIpc) is 2.52. The summed E-state index contributed by atoms with van der Waals surface area (Å²) in [4.78, 5) is 5.41. The Bertz CT molecular complexity index is 515. The minimum Gasteiger partial charge on any atom is -0.356 e. The number of rotatable bonds is 8. The lowest BCUT2D eigenvalue weighted by Crippen LogP contribution is -2.39. The van der Waals surface area contributed by atoms with Crippen LogP contribution in [0.25, 0.3) is 0 Å². The molecule has 0 aliphatic carbocycles. The molecule has 0 saturated heterocycles. The molecule has 1 aromatic rings. The maximum absolute atomic E-state index is 12.2. The van der Waals surface area contributed by atoms with Crippen molar-refractivity contribution in [3.8, 4) is 0 Å². The zero-order chi connectivity index (χ0) is 18.0. The van der Waals surface area contributed by atoms with Gasteiger partial charge in [-0.05, 0) is 37.6 Å². The molecule has 136 valence electrons. The van der Waals surface area contributed by atoms with E-state index < -0.39 is 12.7 Å². The summed E-state index contributed by atoms with van der Waals surface area (Å²) in [6.45, 7) is 2.84.